The van der Waals surface area contributed by atoms with Crippen LogP contribution in [-0.2, 0) is 23.8 Å². The lowest BCUT2D eigenvalue weighted by Crippen LogP contribution is -2.44. The highest BCUT2D eigenvalue weighted by atomic mass is 16.6. The summed E-state index contributed by atoms with van der Waals surface area (Å²) in [6.45, 7) is 3.70. The fourth-order valence-corrected chi connectivity index (χ4v) is 2.08. The molecule has 0 bridgehead atoms. The summed E-state index contributed by atoms with van der Waals surface area (Å²) in [7, 11) is 2.69. The van der Waals surface area contributed by atoms with Gasteiger partial charge >= 0.3 is 11.9 Å². The Labute approximate surface area is 101 Å². The third-order valence-electron chi connectivity index (χ3n) is 3.31. The van der Waals surface area contributed by atoms with Crippen molar-refractivity contribution in [3.8, 4) is 0 Å². The van der Waals surface area contributed by atoms with E-state index in [1.54, 1.807) is 6.92 Å². The number of rotatable bonds is 3. The number of ether oxygens (including phenoxy) is 3. The quantitative estimate of drug-likeness (QED) is 0.697. The molecule has 1 aliphatic rings. The average Bonchev–Trinajstić information content (AvgIpc) is 2.36. The molecule has 5 nitrogen and oxygen atoms in total. The summed E-state index contributed by atoms with van der Waals surface area (Å²) in [5.74, 6) is -0.935. The molecule has 4 atom stereocenters. The molecule has 1 fully saturated rings. The molecule has 0 unspecified atom stereocenters. The molecule has 0 amide bonds. The highest BCUT2D eigenvalue weighted by molar-refractivity contribution is 5.75. The first-order valence-electron chi connectivity index (χ1n) is 5.82. The minimum Gasteiger partial charge on any atom is -0.469 e. The predicted molar refractivity (Wildman–Crippen MR) is 60.3 cm³/mol. The van der Waals surface area contributed by atoms with E-state index in [2.05, 4.69) is 4.74 Å². The van der Waals surface area contributed by atoms with Crippen molar-refractivity contribution in [3.63, 3.8) is 0 Å². The van der Waals surface area contributed by atoms with E-state index >= 15 is 0 Å². The van der Waals surface area contributed by atoms with Crippen molar-refractivity contribution in [2.24, 2.45) is 11.8 Å². The van der Waals surface area contributed by atoms with Gasteiger partial charge in [-0.25, -0.2) is 4.79 Å². The molecule has 5 heteroatoms. The van der Waals surface area contributed by atoms with E-state index < -0.39 is 6.10 Å². The van der Waals surface area contributed by atoms with Crippen molar-refractivity contribution in [3.05, 3.63) is 0 Å². The van der Waals surface area contributed by atoms with Gasteiger partial charge in [0.05, 0.1) is 26.2 Å². The Morgan fingerprint density at radius 2 is 1.88 bits per heavy atom. The zero-order valence-electron chi connectivity index (χ0n) is 10.8. The second kappa shape index (κ2) is 6.00. The van der Waals surface area contributed by atoms with Gasteiger partial charge in [-0.05, 0) is 25.7 Å². The zero-order chi connectivity index (χ0) is 13.0. The van der Waals surface area contributed by atoms with Crippen LogP contribution in [0, 0.1) is 11.8 Å². The molecule has 1 saturated heterocycles. The Morgan fingerprint density at radius 3 is 2.41 bits per heavy atom. The van der Waals surface area contributed by atoms with Crippen molar-refractivity contribution < 1.29 is 23.8 Å². The molecule has 0 N–H and O–H groups in total. The van der Waals surface area contributed by atoms with E-state index in [1.165, 1.54) is 14.2 Å². The normalized spacial score (nSPS) is 30.5. The molecule has 98 valence electrons. The van der Waals surface area contributed by atoms with Gasteiger partial charge in [-0.15, -0.1) is 0 Å². The van der Waals surface area contributed by atoms with Gasteiger partial charge < -0.3 is 14.2 Å². The Balaban J connectivity index is 2.66. The fraction of sp³-hybridized carbons (Fsp3) is 0.833. The van der Waals surface area contributed by atoms with Gasteiger partial charge in [0, 0.05) is 0 Å². The first kappa shape index (κ1) is 14.0. The number of methoxy groups -OCH3 is 2. The SMILES string of the molecule is COC(=O)[C@H](C)[C@H]1CC[C@H](C)[C@H](C(=O)OC)O1. The molecule has 0 spiro atoms. The second-order valence-electron chi connectivity index (χ2n) is 4.48. The molecule has 1 aliphatic heterocycles. The van der Waals surface area contributed by atoms with Crippen molar-refractivity contribution >= 4 is 11.9 Å². The van der Waals surface area contributed by atoms with E-state index in [-0.39, 0.29) is 29.9 Å². The minimum atomic E-state index is -0.578. The Morgan fingerprint density at radius 1 is 1.24 bits per heavy atom. The van der Waals surface area contributed by atoms with Crippen LogP contribution in [-0.4, -0.2) is 38.4 Å². The van der Waals surface area contributed by atoms with E-state index in [9.17, 15) is 9.59 Å². The number of carbonyl (C=O) groups excluding carboxylic acids is 2. The van der Waals surface area contributed by atoms with Gasteiger partial charge in [0.2, 0.25) is 0 Å². The van der Waals surface area contributed by atoms with Gasteiger partial charge in [-0.2, -0.15) is 0 Å². The zero-order valence-corrected chi connectivity index (χ0v) is 10.8. The van der Waals surface area contributed by atoms with E-state index in [4.69, 9.17) is 9.47 Å². The summed E-state index contributed by atoms with van der Waals surface area (Å²) in [6, 6.07) is 0. The Bertz CT molecular complexity index is 289. The smallest absolute Gasteiger partial charge is 0.335 e. The molecule has 0 aromatic carbocycles. The van der Waals surface area contributed by atoms with E-state index in [0.29, 0.717) is 0 Å². The first-order chi connectivity index (χ1) is 8.01. The molecule has 0 aromatic heterocycles. The summed E-state index contributed by atoms with van der Waals surface area (Å²) in [4.78, 5) is 22.9. The number of carbonyl (C=O) groups is 2. The summed E-state index contributed by atoms with van der Waals surface area (Å²) in [6.07, 6.45) is 0.741. The molecular formula is C12H20O5. The highest BCUT2D eigenvalue weighted by Gasteiger charge is 2.38. The van der Waals surface area contributed by atoms with Crippen LogP contribution in [0.3, 0.4) is 0 Å². The maximum atomic E-state index is 11.5. The van der Waals surface area contributed by atoms with Crippen LogP contribution in [0.1, 0.15) is 26.7 Å². The fourth-order valence-electron chi connectivity index (χ4n) is 2.08. The maximum Gasteiger partial charge on any atom is 0.335 e. The van der Waals surface area contributed by atoms with Crippen LogP contribution in [0.25, 0.3) is 0 Å². The first-order valence-corrected chi connectivity index (χ1v) is 5.82. The van der Waals surface area contributed by atoms with Crippen LogP contribution in [0.15, 0.2) is 0 Å². The molecule has 0 saturated carbocycles. The maximum absolute atomic E-state index is 11.5. The molecule has 0 aromatic rings. The second-order valence-corrected chi connectivity index (χ2v) is 4.48. The van der Waals surface area contributed by atoms with Crippen LogP contribution < -0.4 is 0 Å². The molecule has 1 rings (SSSR count). The van der Waals surface area contributed by atoms with Gasteiger partial charge in [-0.3, -0.25) is 4.79 Å². The summed E-state index contributed by atoms with van der Waals surface area (Å²) in [5.41, 5.74) is 0. The summed E-state index contributed by atoms with van der Waals surface area (Å²) < 4.78 is 15.0. The molecule has 0 aliphatic carbocycles. The topological polar surface area (TPSA) is 61.8 Å². The average molecular weight is 244 g/mol. The third-order valence-corrected chi connectivity index (χ3v) is 3.31. The van der Waals surface area contributed by atoms with Crippen molar-refractivity contribution in [2.75, 3.05) is 14.2 Å². The lowest BCUT2D eigenvalue weighted by atomic mass is 9.89. The van der Waals surface area contributed by atoms with Crippen LogP contribution in [0.5, 0.6) is 0 Å². The molecule has 1 heterocycles. The van der Waals surface area contributed by atoms with Crippen LogP contribution in [0.2, 0.25) is 0 Å². The van der Waals surface area contributed by atoms with Crippen LogP contribution in [0.4, 0.5) is 0 Å². The van der Waals surface area contributed by atoms with Gasteiger partial charge in [0.1, 0.15) is 0 Å². The number of hydrogen-bond donors (Lipinski definition) is 0. The highest BCUT2D eigenvalue weighted by Crippen LogP contribution is 2.29. The monoisotopic (exact) mass is 244 g/mol. The minimum absolute atomic E-state index is 0.114. The predicted octanol–water partition coefficient (Wildman–Crippen LogP) is 1.15. The molecule has 17 heavy (non-hydrogen) atoms. The van der Waals surface area contributed by atoms with Gasteiger partial charge in [-0.1, -0.05) is 6.92 Å². The Kier molecular flexibility index (Phi) is 4.93. The van der Waals surface area contributed by atoms with Crippen LogP contribution >= 0.6 is 0 Å². The lowest BCUT2D eigenvalue weighted by molar-refractivity contribution is -0.178. The van der Waals surface area contributed by atoms with Gasteiger partial charge in [0.15, 0.2) is 6.10 Å². The number of hydrogen-bond acceptors (Lipinski definition) is 5. The third kappa shape index (κ3) is 3.19. The van der Waals surface area contributed by atoms with E-state index in [1.807, 2.05) is 6.92 Å². The standard InChI is InChI=1S/C12H20O5/c1-7-5-6-9(8(2)11(13)15-3)17-10(7)12(14)16-4/h7-10H,5-6H2,1-4H3/t7-,8+,9+,10+/m0/s1. The summed E-state index contributed by atoms with van der Waals surface area (Å²) >= 11 is 0. The largest absolute Gasteiger partial charge is 0.469 e. The molecule has 0 radical (unpaired) electrons. The van der Waals surface area contributed by atoms with Crippen molar-refractivity contribution in [1.82, 2.24) is 0 Å². The number of esters is 2. The lowest BCUT2D eigenvalue weighted by Gasteiger charge is -2.35. The Hall–Kier alpha value is -1.10. The van der Waals surface area contributed by atoms with Crippen molar-refractivity contribution in [1.29, 1.82) is 0 Å². The molecular weight excluding hydrogens is 224 g/mol. The van der Waals surface area contributed by atoms with Crippen molar-refractivity contribution in [2.45, 2.75) is 38.9 Å². The summed E-state index contributed by atoms with van der Waals surface area (Å²) in [5, 5.41) is 0. The van der Waals surface area contributed by atoms with E-state index in [0.717, 1.165) is 12.8 Å². The van der Waals surface area contributed by atoms with Gasteiger partial charge in [0.25, 0.3) is 0 Å².